The first-order valence-corrected chi connectivity index (χ1v) is 6.13. The predicted molar refractivity (Wildman–Crippen MR) is 67.5 cm³/mol. The lowest BCUT2D eigenvalue weighted by Crippen LogP contribution is -2.22. The fraction of sp³-hybridized carbons (Fsp3) is 0.429. The van der Waals surface area contributed by atoms with Gasteiger partial charge in [0.25, 0.3) is 0 Å². The molecule has 1 aliphatic carbocycles. The minimum absolute atomic E-state index is 0.00450. The van der Waals surface area contributed by atoms with E-state index in [1.165, 1.54) is 0 Å². The van der Waals surface area contributed by atoms with E-state index >= 15 is 0 Å². The van der Waals surface area contributed by atoms with Crippen LogP contribution in [-0.2, 0) is 6.42 Å². The average Bonchev–Trinajstić information content (AvgIpc) is 2.88. The Labute approximate surface area is 100 Å². The minimum atomic E-state index is -0.0869. The molecule has 1 aliphatic rings. The van der Waals surface area contributed by atoms with E-state index in [1.54, 1.807) is 0 Å². The standard InChI is InChI=1S/C14H17FN2/c1-9-8-11-12(17-9)3-2-10(13(11)15)4-5-14(16)6-7-14/h2-3,8,17H,4-7,16H2,1H3. The maximum atomic E-state index is 14.2. The molecule has 0 aliphatic heterocycles. The molecule has 1 saturated carbocycles. The third kappa shape index (κ3) is 1.95. The van der Waals surface area contributed by atoms with Crippen molar-refractivity contribution in [1.82, 2.24) is 4.98 Å². The molecule has 0 amide bonds. The Morgan fingerprint density at radius 3 is 2.88 bits per heavy atom. The second-order valence-corrected chi connectivity index (χ2v) is 5.31. The van der Waals surface area contributed by atoms with E-state index in [0.29, 0.717) is 5.39 Å². The Balaban J connectivity index is 1.91. The summed E-state index contributed by atoms with van der Waals surface area (Å²) in [5.74, 6) is -0.0869. The van der Waals surface area contributed by atoms with Crippen molar-refractivity contribution in [2.45, 2.75) is 38.1 Å². The number of H-pyrrole nitrogens is 1. The fourth-order valence-corrected chi connectivity index (χ4v) is 2.34. The molecule has 3 heteroatoms. The zero-order valence-electron chi connectivity index (χ0n) is 10.0. The first kappa shape index (κ1) is 10.8. The van der Waals surface area contributed by atoms with Gasteiger partial charge in [0.1, 0.15) is 5.82 Å². The molecule has 2 aromatic rings. The maximum absolute atomic E-state index is 14.2. The second-order valence-electron chi connectivity index (χ2n) is 5.31. The van der Waals surface area contributed by atoms with Crippen LogP contribution in [0.4, 0.5) is 4.39 Å². The largest absolute Gasteiger partial charge is 0.359 e. The maximum Gasteiger partial charge on any atom is 0.135 e. The number of hydrogen-bond acceptors (Lipinski definition) is 1. The Hall–Kier alpha value is -1.35. The van der Waals surface area contributed by atoms with Gasteiger partial charge in [-0.15, -0.1) is 0 Å². The highest BCUT2D eigenvalue weighted by molar-refractivity contribution is 5.81. The Kier molecular flexibility index (Phi) is 2.26. The summed E-state index contributed by atoms with van der Waals surface area (Å²) in [5, 5.41) is 0.696. The van der Waals surface area contributed by atoms with Crippen molar-refractivity contribution in [2.24, 2.45) is 5.73 Å². The molecule has 3 rings (SSSR count). The van der Waals surface area contributed by atoms with Gasteiger partial charge in [0.05, 0.1) is 0 Å². The van der Waals surface area contributed by atoms with Crippen LogP contribution in [0.25, 0.3) is 10.9 Å². The van der Waals surface area contributed by atoms with Crippen LogP contribution in [0, 0.1) is 12.7 Å². The van der Waals surface area contributed by atoms with E-state index in [0.717, 1.165) is 42.5 Å². The topological polar surface area (TPSA) is 41.8 Å². The summed E-state index contributed by atoms with van der Waals surface area (Å²) in [6.45, 7) is 1.94. The lowest BCUT2D eigenvalue weighted by molar-refractivity contribution is 0.577. The summed E-state index contributed by atoms with van der Waals surface area (Å²) >= 11 is 0. The van der Waals surface area contributed by atoms with Gasteiger partial charge < -0.3 is 10.7 Å². The molecular weight excluding hydrogens is 215 g/mol. The number of aromatic amines is 1. The van der Waals surface area contributed by atoms with Crippen LogP contribution < -0.4 is 5.73 Å². The van der Waals surface area contributed by atoms with Gasteiger partial charge in [-0.2, -0.15) is 0 Å². The number of halogens is 1. The van der Waals surface area contributed by atoms with E-state index in [1.807, 2.05) is 25.1 Å². The highest BCUT2D eigenvalue weighted by Gasteiger charge is 2.37. The summed E-state index contributed by atoms with van der Waals surface area (Å²) in [5.41, 5.74) is 8.68. The average molecular weight is 232 g/mol. The summed E-state index contributed by atoms with van der Waals surface area (Å²) < 4.78 is 14.2. The number of hydrogen-bond donors (Lipinski definition) is 2. The summed E-state index contributed by atoms with van der Waals surface area (Å²) in [4.78, 5) is 3.15. The quantitative estimate of drug-likeness (QED) is 0.839. The van der Waals surface area contributed by atoms with Crippen LogP contribution in [0.2, 0.25) is 0 Å². The highest BCUT2D eigenvalue weighted by atomic mass is 19.1. The summed E-state index contributed by atoms with van der Waals surface area (Å²) in [6, 6.07) is 5.69. The molecule has 0 atom stereocenters. The lowest BCUT2D eigenvalue weighted by Gasteiger charge is -2.09. The number of fused-ring (bicyclic) bond motifs is 1. The molecular formula is C14H17FN2. The van der Waals surface area contributed by atoms with E-state index in [-0.39, 0.29) is 11.4 Å². The molecule has 90 valence electrons. The van der Waals surface area contributed by atoms with Gasteiger partial charge in [0.2, 0.25) is 0 Å². The zero-order valence-corrected chi connectivity index (χ0v) is 10.0. The van der Waals surface area contributed by atoms with E-state index < -0.39 is 0 Å². The lowest BCUT2D eigenvalue weighted by atomic mass is 10.0. The molecule has 3 N–H and O–H groups in total. The van der Waals surface area contributed by atoms with Crippen molar-refractivity contribution < 1.29 is 4.39 Å². The smallest absolute Gasteiger partial charge is 0.135 e. The molecule has 1 aromatic heterocycles. The molecule has 2 nitrogen and oxygen atoms in total. The van der Waals surface area contributed by atoms with Gasteiger partial charge >= 0.3 is 0 Å². The summed E-state index contributed by atoms with van der Waals surface area (Å²) in [7, 11) is 0. The van der Waals surface area contributed by atoms with Gasteiger partial charge in [0, 0.05) is 22.1 Å². The van der Waals surface area contributed by atoms with Crippen molar-refractivity contribution in [3.63, 3.8) is 0 Å². The molecule has 1 heterocycles. The first-order chi connectivity index (χ1) is 8.07. The number of nitrogens with one attached hydrogen (secondary N) is 1. The van der Waals surface area contributed by atoms with Crippen molar-refractivity contribution in [1.29, 1.82) is 0 Å². The molecule has 0 unspecified atom stereocenters. The Morgan fingerprint density at radius 2 is 2.18 bits per heavy atom. The molecule has 0 saturated heterocycles. The van der Waals surface area contributed by atoms with Crippen molar-refractivity contribution in [3.8, 4) is 0 Å². The molecule has 1 fully saturated rings. The number of benzene rings is 1. The van der Waals surface area contributed by atoms with Gasteiger partial charge in [-0.1, -0.05) is 6.07 Å². The van der Waals surface area contributed by atoms with Gasteiger partial charge in [-0.25, -0.2) is 4.39 Å². The highest BCUT2D eigenvalue weighted by Crippen LogP contribution is 2.37. The third-order valence-corrected chi connectivity index (χ3v) is 3.74. The molecule has 1 aromatic carbocycles. The van der Waals surface area contributed by atoms with Gasteiger partial charge in [-0.05, 0) is 50.3 Å². The van der Waals surface area contributed by atoms with Crippen LogP contribution in [0.1, 0.15) is 30.5 Å². The molecule has 0 bridgehead atoms. The monoisotopic (exact) mass is 232 g/mol. The summed E-state index contributed by atoms with van der Waals surface area (Å²) in [6.07, 6.45) is 3.79. The minimum Gasteiger partial charge on any atom is -0.359 e. The van der Waals surface area contributed by atoms with E-state index in [2.05, 4.69) is 4.98 Å². The van der Waals surface area contributed by atoms with Gasteiger partial charge in [0.15, 0.2) is 0 Å². The second kappa shape index (κ2) is 3.57. The number of rotatable bonds is 3. The third-order valence-electron chi connectivity index (χ3n) is 3.74. The zero-order chi connectivity index (χ0) is 12.0. The van der Waals surface area contributed by atoms with Crippen molar-refractivity contribution in [3.05, 3.63) is 35.3 Å². The molecule has 0 spiro atoms. The van der Waals surface area contributed by atoms with E-state index in [4.69, 9.17) is 5.73 Å². The predicted octanol–water partition coefficient (Wildman–Crippen LogP) is 3.04. The molecule has 0 radical (unpaired) electrons. The van der Waals surface area contributed by atoms with Crippen LogP contribution in [0.3, 0.4) is 0 Å². The van der Waals surface area contributed by atoms with Crippen LogP contribution >= 0.6 is 0 Å². The SMILES string of the molecule is Cc1cc2c(F)c(CCC3(N)CC3)ccc2[nH]1. The van der Waals surface area contributed by atoms with Crippen LogP contribution in [-0.4, -0.2) is 10.5 Å². The number of aromatic nitrogens is 1. The Morgan fingerprint density at radius 1 is 1.41 bits per heavy atom. The van der Waals surface area contributed by atoms with Gasteiger partial charge in [-0.3, -0.25) is 0 Å². The first-order valence-electron chi connectivity index (χ1n) is 6.13. The molecule has 17 heavy (non-hydrogen) atoms. The van der Waals surface area contributed by atoms with Crippen molar-refractivity contribution >= 4 is 10.9 Å². The van der Waals surface area contributed by atoms with Crippen LogP contribution in [0.5, 0.6) is 0 Å². The van der Waals surface area contributed by atoms with Crippen LogP contribution in [0.15, 0.2) is 18.2 Å². The Bertz CT molecular complexity index is 567. The fourth-order valence-electron chi connectivity index (χ4n) is 2.34. The normalized spacial score (nSPS) is 17.6. The number of aryl methyl sites for hydroxylation is 2. The van der Waals surface area contributed by atoms with Crippen molar-refractivity contribution in [2.75, 3.05) is 0 Å². The number of nitrogens with two attached hydrogens (primary N) is 1. The van der Waals surface area contributed by atoms with E-state index in [9.17, 15) is 4.39 Å².